The van der Waals surface area contributed by atoms with Crippen molar-refractivity contribution in [2.45, 2.75) is 39.0 Å². The molecule has 4 atom stereocenters. The summed E-state index contributed by atoms with van der Waals surface area (Å²) >= 11 is 0. The van der Waals surface area contributed by atoms with Crippen molar-refractivity contribution in [1.82, 2.24) is 0 Å². The van der Waals surface area contributed by atoms with E-state index in [-0.39, 0.29) is 12.1 Å². The van der Waals surface area contributed by atoms with E-state index in [0.717, 1.165) is 11.1 Å². The number of ether oxygens (including phenoxy) is 1. The number of Topliss-reactive ketones (excluding diaryl/α,β-unsaturated/α-hetero) is 1. The Labute approximate surface area is 242 Å². The summed E-state index contributed by atoms with van der Waals surface area (Å²) in [6.45, 7) is 5.47. The van der Waals surface area contributed by atoms with Gasteiger partial charge in [-0.3, -0.25) is 19.1 Å². The van der Waals surface area contributed by atoms with Gasteiger partial charge in [0.05, 0.1) is 7.11 Å². The number of benzene rings is 3. The van der Waals surface area contributed by atoms with Crippen LogP contribution in [-0.4, -0.2) is 49.9 Å². The van der Waals surface area contributed by atoms with Gasteiger partial charge in [-0.05, 0) is 42.5 Å². The summed E-state index contributed by atoms with van der Waals surface area (Å²) in [6.07, 6.45) is 0.0810. The van der Waals surface area contributed by atoms with Gasteiger partial charge < -0.3 is 15.0 Å². The van der Waals surface area contributed by atoms with Gasteiger partial charge in [-0.15, -0.1) is 0 Å². The molecule has 218 valence electrons. The van der Waals surface area contributed by atoms with E-state index in [1.54, 1.807) is 49.4 Å². The Balaban J connectivity index is 1.99. The molecule has 0 aliphatic heterocycles. The molecule has 9 heteroatoms. The molecule has 0 spiro atoms. The highest BCUT2D eigenvalue weighted by molar-refractivity contribution is 7.60. The second-order valence-electron chi connectivity index (χ2n) is 10.4. The SMILES string of the molecule is COC(=O)[C@H](C)N(C(=O)C(CC(C)C)CP(=O)(OC)C(N)C(=O)c1ccccc1)c1ccc(-c2ccccc2)cc1. The minimum atomic E-state index is -3.85. The molecule has 41 heavy (non-hydrogen) atoms. The first-order chi connectivity index (χ1) is 19.5. The van der Waals surface area contributed by atoms with Gasteiger partial charge in [0.15, 0.2) is 5.78 Å². The number of amides is 1. The van der Waals surface area contributed by atoms with Gasteiger partial charge in [-0.25, -0.2) is 4.79 Å². The molecule has 3 aromatic rings. The van der Waals surface area contributed by atoms with Gasteiger partial charge in [-0.2, -0.15) is 0 Å². The molecule has 0 aliphatic carbocycles. The third-order valence-corrected chi connectivity index (χ3v) is 9.71. The van der Waals surface area contributed by atoms with Gasteiger partial charge in [0.2, 0.25) is 13.3 Å². The molecule has 3 rings (SSSR count). The number of rotatable bonds is 13. The van der Waals surface area contributed by atoms with E-state index in [9.17, 15) is 18.9 Å². The van der Waals surface area contributed by atoms with E-state index in [1.165, 1.54) is 19.1 Å². The normalized spacial score (nSPS) is 14.9. The number of carbonyl (C=O) groups excluding carboxylic acids is 3. The van der Waals surface area contributed by atoms with Gasteiger partial charge >= 0.3 is 5.97 Å². The number of anilines is 1. The molecule has 0 aliphatic rings. The largest absolute Gasteiger partial charge is 0.467 e. The molecule has 0 fully saturated rings. The molecule has 3 unspecified atom stereocenters. The predicted octanol–water partition coefficient (Wildman–Crippen LogP) is 6.00. The lowest BCUT2D eigenvalue weighted by molar-refractivity contribution is -0.143. The molecule has 0 bridgehead atoms. The van der Waals surface area contributed by atoms with Crippen molar-refractivity contribution >= 4 is 30.7 Å². The third-order valence-electron chi connectivity index (χ3n) is 7.06. The summed E-state index contributed by atoms with van der Waals surface area (Å²) in [7, 11) is -1.35. The molecule has 0 saturated heterocycles. The zero-order valence-corrected chi connectivity index (χ0v) is 25.1. The van der Waals surface area contributed by atoms with Crippen LogP contribution in [0.5, 0.6) is 0 Å². The van der Waals surface area contributed by atoms with Crippen LogP contribution in [-0.2, 0) is 23.4 Å². The molecular formula is C32H39N2O6P. The van der Waals surface area contributed by atoms with E-state index in [0.29, 0.717) is 17.7 Å². The van der Waals surface area contributed by atoms with E-state index in [2.05, 4.69) is 0 Å². The Morgan fingerprint density at radius 1 is 0.829 bits per heavy atom. The molecule has 0 radical (unpaired) electrons. The third kappa shape index (κ3) is 7.79. The Kier molecular flexibility index (Phi) is 11.2. The fourth-order valence-electron chi connectivity index (χ4n) is 4.84. The molecular weight excluding hydrogens is 539 g/mol. The van der Waals surface area contributed by atoms with Crippen molar-refractivity contribution < 1.29 is 28.2 Å². The second kappa shape index (κ2) is 14.4. The molecule has 3 aromatic carbocycles. The molecule has 0 aromatic heterocycles. The van der Waals surface area contributed by atoms with Crippen molar-refractivity contribution in [2.75, 3.05) is 25.3 Å². The van der Waals surface area contributed by atoms with Crippen molar-refractivity contribution in [2.24, 2.45) is 17.6 Å². The summed E-state index contributed by atoms with van der Waals surface area (Å²) in [5, 5.41) is 0. The van der Waals surface area contributed by atoms with Gasteiger partial charge in [-0.1, -0.05) is 86.6 Å². The van der Waals surface area contributed by atoms with Crippen LogP contribution in [0, 0.1) is 11.8 Å². The van der Waals surface area contributed by atoms with Crippen molar-refractivity contribution in [3.63, 3.8) is 0 Å². The smallest absolute Gasteiger partial charge is 0.328 e. The van der Waals surface area contributed by atoms with E-state index >= 15 is 0 Å². The van der Waals surface area contributed by atoms with Gasteiger partial charge in [0.1, 0.15) is 11.8 Å². The Bertz CT molecular complexity index is 1360. The summed E-state index contributed by atoms with van der Waals surface area (Å²) < 4.78 is 24.5. The number of esters is 1. The van der Waals surface area contributed by atoms with Crippen LogP contribution < -0.4 is 10.6 Å². The summed E-state index contributed by atoms with van der Waals surface area (Å²) in [6, 6.07) is 24.4. The Morgan fingerprint density at radius 2 is 1.37 bits per heavy atom. The zero-order valence-electron chi connectivity index (χ0n) is 24.2. The van der Waals surface area contributed by atoms with E-state index in [1.807, 2.05) is 56.3 Å². The van der Waals surface area contributed by atoms with Crippen LogP contribution in [0.3, 0.4) is 0 Å². The first kappa shape index (κ1) is 31.9. The second-order valence-corrected chi connectivity index (χ2v) is 13.2. The Morgan fingerprint density at radius 3 is 1.88 bits per heavy atom. The first-order valence-electron chi connectivity index (χ1n) is 13.6. The fraction of sp³-hybridized carbons (Fsp3) is 0.344. The molecule has 1 amide bonds. The van der Waals surface area contributed by atoms with E-state index in [4.69, 9.17) is 15.0 Å². The quantitative estimate of drug-likeness (QED) is 0.150. The lowest BCUT2D eigenvalue weighted by Crippen LogP contribution is -2.48. The number of nitrogens with zero attached hydrogens (tertiary/aromatic N) is 1. The topological polar surface area (TPSA) is 116 Å². The van der Waals surface area contributed by atoms with Crippen molar-refractivity contribution in [1.29, 1.82) is 0 Å². The summed E-state index contributed by atoms with van der Waals surface area (Å²) in [5.74, 6) is -3.82. The summed E-state index contributed by atoms with van der Waals surface area (Å²) in [5.41, 5.74) is 9.02. The zero-order chi connectivity index (χ0) is 30.2. The van der Waals surface area contributed by atoms with Gasteiger partial charge in [0, 0.05) is 30.4 Å². The molecule has 8 nitrogen and oxygen atoms in total. The number of methoxy groups -OCH3 is 1. The maximum Gasteiger partial charge on any atom is 0.328 e. The maximum atomic E-state index is 14.3. The lowest BCUT2D eigenvalue weighted by Gasteiger charge is -2.33. The molecule has 0 heterocycles. The number of ketones is 1. The molecule has 0 saturated carbocycles. The van der Waals surface area contributed by atoms with Crippen LogP contribution in [0.25, 0.3) is 11.1 Å². The number of carbonyl (C=O) groups is 3. The number of nitrogens with two attached hydrogens (primary N) is 1. The minimum Gasteiger partial charge on any atom is -0.467 e. The standard InChI is InChI=1S/C32H39N2O6P/c1-22(2)20-27(21-41(38,40-5)30(33)29(35)26-14-10-7-11-15-26)31(36)34(23(3)32(37)39-4)28-18-16-25(17-19-28)24-12-8-6-9-13-24/h6-19,22-23,27,30H,20-21,33H2,1-5H3/t23-,27?,30?,41?/m0/s1. The number of hydrogen-bond donors (Lipinski definition) is 1. The minimum absolute atomic E-state index is 0.0334. The van der Waals surface area contributed by atoms with Gasteiger partial charge in [0.25, 0.3) is 0 Å². The van der Waals surface area contributed by atoms with Crippen LogP contribution in [0.15, 0.2) is 84.9 Å². The number of hydrogen-bond acceptors (Lipinski definition) is 7. The van der Waals surface area contributed by atoms with Crippen molar-refractivity contribution in [3.05, 3.63) is 90.5 Å². The maximum absolute atomic E-state index is 14.3. The first-order valence-corrected chi connectivity index (χ1v) is 15.5. The highest BCUT2D eigenvalue weighted by Crippen LogP contribution is 2.52. The van der Waals surface area contributed by atoms with Crippen LogP contribution in [0.1, 0.15) is 37.6 Å². The Hall–Kier alpha value is -3.58. The average Bonchev–Trinajstić information content (AvgIpc) is 3.00. The highest BCUT2D eigenvalue weighted by Gasteiger charge is 2.42. The highest BCUT2D eigenvalue weighted by atomic mass is 31.2. The van der Waals surface area contributed by atoms with Crippen molar-refractivity contribution in [3.8, 4) is 11.1 Å². The van der Waals surface area contributed by atoms with Crippen LogP contribution >= 0.6 is 7.37 Å². The average molecular weight is 579 g/mol. The summed E-state index contributed by atoms with van der Waals surface area (Å²) in [4.78, 5) is 41.5. The monoisotopic (exact) mass is 578 g/mol. The van der Waals surface area contributed by atoms with Crippen LogP contribution in [0.4, 0.5) is 5.69 Å². The van der Waals surface area contributed by atoms with E-state index < -0.39 is 42.8 Å². The fourth-order valence-corrected chi connectivity index (χ4v) is 6.87. The lowest BCUT2D eigenvalue weighted by atomic mass is 9.96. The van der Waals surface area contributed by atoms with Crippen LogP contribution in [0.2, 0.25) is 0 Å². The predicted molar refractivity (Wildman–Crippen MR) is 162 cm³/mol. The molecule has 2 N–H and O–H groups in total.